The first kappa shape index (κ1) is 24.5. The molecule has 1 atom stereocenters. The van der Waals surface area contributed by atoms with Crippen LogP contribution in [0.4, 0.5) is 0 Å². The summed E-state index contributed by atoms with van der Waals surface area (Å²) < 4.78 is 5.99. The number of carbonyl (C=O) groups is 3. The van der Waals surface area contributed by atoms with Crippen molar-refractivity contribution in [3.63, 3.8) is 0 Å². The van der Waals surface area contributed by atoms with Gasteiger partial charge in [-0.05, 0) is 23.3 Å². The number of piperazine rings is 1. The van der Waals surface area contributed by atoms with Crippen LogP contribution in [-0.4, -0.2) is 83.7 Å². The maximum atomic E-state index is 13.1. The molecule has 2 heterocycles. The number of hydrogen-bond acceptors (Lipinski definition) is 7. The highest BCUT2D eigenvalue weighted by molar-refractivity contribution is 7.17. The van der Waals surface area contributed by atoms with E-state index >= 15 is 0 Å². The Kier molecular flexibility index (Phi) is 8.29. The number of carbonyl (C=O) groups excluding carboxylic acids is 2. The molecule has 1 aromatic heterocycles. The van der Waals surface area contributed by atoms with Gasteiger partial charge in [0.2, 0.25) is 5.91 Å². The average molecular weight is 493 g/mol. The van der Waals surface area contributed by atoms with Gasteiger partial charge in [-0.15, -0.1) is 0 Å². The maximum Gasteiger partial charge on any atom is 0.305 e. The second-order valence-corrected chi connectivity index (χ2v) is 9.32. The van der Waals surface area contributed by atoms with Crippen molar-refractivity contribution in [3.8, 4) is 5.06 Å². The number of rotatable bonds is 9. The van der Waals surface area contributed by atoms with Gasteiger partial charge in [0.1, 0.15) is 6.04 Å². The Balaban J connectivity index is 1.65. The van der Waals surface area contributed by atoms with Crippen molar-refractivity contribution in [1.82, 2.24) is 14.8 Å². The molecule has 1 fully saturated rings. The Morgan fingerprint density at radius 3 is 2.58 bits per heavy atom. The highest BCUT2D eigenvalue weighted by Crippen LogP contribution is 2.28. The normalized spacial score (nSPS) is 16.3. The molecule has 1 saturated heterocycles. The molecule has 0 bridgehead atoms. The molecule has 2 amide bonds. The van der Waals surface area contributed by atoms with Gasteiger partial charge in [-0.1, -0.05) is 47.2 Å². The molecular formula is C22H25ClN4O5S. The van der Waals surface area contributed by atoms with Crippen LogP contribution in [0.1, 0.15) is 17.5 Å². The fourth-order valence-corrected chi connectivity index (χ4v) is 4.23. The van der Waals surface area contributed by atoms with Crippen molar-refractivity contribution in [2.45, 2.75) is 19.0 Å². The third-order valence-electron chi connectivity index (χ3n) is 4.95. The second-order valence-electron chi connectivity index (χ2n) is 7.64. The molecule has 176 valence electrons. The number of carboxylic acid groups (broad SMARTS) is 1. The highest BCUT2D eigenvalue weighted by Gasteiger charge is 2.38. The summed E-state index contributed by atoms with van der Waals surface area (Å²) in [6.45, 7) is 0.558. The Morgan fingerprint density at radius 1 is 1.24 bits per heavy atom. The third-order valence-corrected chi connectivity index (χ3v) is 6.09. The first-order valence-electron chi connectivity index (χ1n) is 10.2. The number of nitrogens with zero attached hydrogens (tertiary/aromatic N) is 4. The van der Waals surface area contributed by atoms with Crippen molar-refractivity contribution in [2.24, 2.45) is 5.10 Å². The summed E-state index contributed by atoms with van der Waals surface area (Å²) in [6, 6.07) is 9.82. The van der Waals surface area contributed by atoms with E-state index in [4.69, 9.17) is 16.3 Å². The van der Waals surface area contributed by atoms with Crippen molar-refractivity contribution < 1.29 is 24.2 Å². The lowest BCUT2D eigenvalue weighted by molar-refractivity contribution is -0.156. The van der Waals surface area contributed by atoms with Gasteiger partial charge >= 0.3 is 5.97 Å². The molecule has 2 aromatic rings. The summed E-state index contributed by atoms with van der Waals surface area (Å²) in [5.41, 5.74) is 1.82. The summed E-state index contributed by atoms with van der Waals surface area (Å²) in [7, 11) is 3.66. The van der Waals surface area contributed by atoms with E-state index in [0.717, 1.165) is 11.1 Å². The van der Waals surface area contributed by atoms with Crippen molar-refractivity contribution in [3.05, 3.63) is 51.9 Å². The molecule has 1 aliphatic rings. The summed E-state index contributed by atoms with van der Waals surface area (Å²) in [5, 5.41) is 15.7. The van der Waals surface area contributed by atoms with E-state index in [1.54, 1.807) is 28.3 Å². The first-order valence-corrected chi connectivity index (χ1v) is 11.4. The molecule has 0 radical (unpaired) electrons. The average Bonchev–Trinajstić information content (AvgIpc) is 3.19. The summed E-state index contributed by atoms with van der Waals surface area (Å²) >= 11 is 7.05. The van der Waals surface area contributed by atoms with Gasteiger partial charge in [0, 0.05) is 33.7 Å². The third kappa shape index (κ3) is 6.93. The van der Waals surface area contributed by atoms with E-state index in [0.29, 0.717) is 22.5 Å². The predicted molar refractivity (Wildman–Crippen MR) is 126 cm³/mol. The zero-order valence-corrected chi connectivity index (χ0v) is 19.9. The lowest BCUT2D eigenvalue weighted by Gasteiger charge is -2.40. The van der Waals surface area contributed by atoms with Crippen molar-refractivity contribution in [1.29, 1.82) is 0 Å². The lowest BCUT2D eigenvalue weighted by Crippen LogP contribution is -2.59. The molecular weight excluding hydrogens is 468 g/mol. The standard InChI is InChI=1S/C22H25ClN4O5S/c1-25(2)24-12-15-3-5-16(6-4-15)13-26-9-10-27(17(22(26)31)11-20(29)30)19(28)14-32-21-8-7-18(23)33-21/h3-8,12,17H,9-11,13-14H2,1-2H3,(H,29,30). The van der Waals surface area contributed by atoms with E-state index in [2.05, 4.69) is 5.10 Å². The van der Waals surface area contributed by atoms with Crippen LogP contribution in [0.25, 0.3) is 0 Å². The minimum absolute atomic E-state index is 0.227. The zero-order valence-electron chi connectivity index (χ0n) is 18.3. The molecule has 3 rings (SSSR count). The smallest absolute Gasteiger partial charge is 0.305 e. The SMILES string of the molecule is CN(C)N=Cc1ccc(CN2CCN(C(=O)COc3ccc(Cl)s3)C(CC(=O)O)C2=O)cc1. The van der Waals surface area contributed by atoms with Crippen LogP contribution in [0.15, 0.2) is 41.5 Å². The predicted octanol–water partition coefficient (Wildman–Crippen LogP) is 2.39. The van der Waals surface area contributed by atoms with Crippen LogP contribution in [0, 0.1) is 0 Å². The zero-order chi connectivity index (χ0) is 24.0. The van der Waals surface area contributed by atoms with Crippen LogP contribution in [-0.2, 0) is 20.9 Å². The van der Waals surface area contributed by atoms with Gasteiger partial charge in [-0.25, -0.2) is 0 Å². The highest BCUT2D eigenvalue weighted by atomic mass is 35.5. The molecule has 33 heavy (non-hydrogen) atoms. The number of hydrogen-bond donors (Lipinski definition) is 1. The fourth-order valence-electron chi connectivity index (χ4n) is 3.36. The van der Waals surface area contributed by atoms with Gasteiger partial charge in [-0.2, -0.15) is 5.10 Å². The number of ether oxygens (including phenoxy) is 1. The lowest BCUT2D eigenvalue weighted by atomic mass is 10.1. The Morgan fingerprint density at radius 2 is 1.97 bits per heavy atom. The second kappa shape index (κ2) is 11.2. The minimum atomic E-state index is -1.15. The molecule has 1 N–H and O–H groups in total. The van der Waals surface area contributed by atoms with Gasteiger partial charge in [0.15, 0.2) is 11.7 Å². The van der Waals surface area contributed by atoms with Crippen LogP contribution < -0.4 is 4.74 Å². The number of amides is 2. The molecule has 1 aromatic carbocycles. The summed E-state index contributed by atoms with van der Waals surface area (Å²) in [4.78, 5) is 40.1. The van der Waals surface area contributed by atoms with E-state index in [1.807, 2.05) is 38.4 Å². The van der Waals surface area contributed by atoms with Crippen molar-refractivity contribution in [2.75, 3.05) is 33.8 Å². The largest absolute Gasteiger partial charge is 0.481 e. The quantitative estimate of drug-likeness (QED) is 0.426. The van der Waals surface area contributed by atoms with Gasteiger partial charge in [-0.3, -0.25) is 14.4 Å². The summed E-state index contributed by atoms with van der Waals surface area (Å²) in [6.07, 6.45) is 1.26. The van der Waals surface area contributed by atoms with Gasteiger partial charge < -0.3 is 24.7 Å². The minimum Gasteiger partial charge on any atom is -0.481 e. The van der Waals surface area contributed by atoms with Crippen LogP contribution in [0.2, 0.25) is 4.34 Å². The molecule has 0 aliphatic carbocycles. The Labute approximate surface area is 200 Å². The van der Waals surface area contributed by atoms with E-state index < -0.39 is 30.2 Å². The van der Waals surface area contributed by atoms with Crippen LogP contribution in [0.5, 0.6) is 5.06 Å². The summed E-state index contributed by atoms with van der Waals surface area (Å²) in [5.74, 6) is -1.98. The van der Waals surface area contributed by atoms with Crippen molar-refractivity contribution >= 4 is 46.9 Å². The van der Waals surface area contributed by atoms with E-state index in [1.165, 1.54) is 16.2 Å². The molecule has 9 nitrogen and oxygen atoms in total. The fraction of sp³-hybridized carbons (Fsp3) is 0.364. The van der Waals surface area contributed by atoms with E-state index in [9.17, 15) is 19.5 Å². The number of hydrazone groups is 1. The van der Waals surface area contributed by atoms with E-state index in [-0.39, 0.29) is 13.2 Å². The Bertz CT molecular complexity index is 1020. The number of benzene rings is 1. The number of aliphatic carboxylic acids is 1. The monoisotopic (exact) mass is 492 g/mol. The van der Waals surface area contributed by atoms with Gasteiger partial charge in [0.25, 0.3) is 5.91 Å². The topological polar surface area (TPSA) is 103 Å². The molecule has 0 spiro atoms. The maximum absolute atomic E-state index is 13.1. The number of carboxylic acids is 1. The molecule has 11 heteroatoms. The molecule has 1 aliphatic heterocycles. The van der Waals surface area contributed by atoms with Crippen LogP contribution >= 0.6 is 22.9 Å². The number of halogens is 1. The molecule has 0 saturated carbocycles. The van der Waals surface area contributed by atoms with Crippen LogP contribution in [0.3, 0.4) is 0 Å². The number of thiophene rings is 1. The molecule has 1 unspecified atom stereocenters. The van der Waals surface area contributed by atoms with Gasteiger partial charge in [0.05, 0.1) is 17.0 Å². The Hall–Kier alpha value is -3.11. The first-order chi connectivity index (χ1) is 15.7.